The summed E-state index contributed by atoms with van der Waals surface area (Å²) in [5.41, 5.74) is 1.43. The van der Waals surface area contributed by atoms with Crippen molar-refractivity contribution in [3.05, 3.63) is 11.6 Å². The standard InChI is InChI=1S/C11H16O/c12-11-7-9-4-2-1-3-5-10(6-9)8-11/h4,10H,1-3,5-8H2. The van der Waals surface area contributed by atoms with Gasteiger partial charge < -0.3 is 0 Å². The van der Waals surface area contributed by atoms with Gasteiger partial charge in [-0.15, -0.1) is 0 Å². The van der Waals surface area contributed by atoms with E-state index in [4.69, 9.17) is 0 Å². The maximum atomic E-state index is 11.3. The summed E-state index contributed by atoms with van der Waals surface area (Å²) in [6.45, 7) is 0. The third-order valence-corrected chi connectivity index (χ3v) is 2.99. The summed E-state index contributed by atoms with van der Waals surface area (Å²) < 4.78 is 0. The van der Waals surface area contributed by atoms with Crippen LogP contribution in [0.15, 0.2) is 11.6 Å². The van der Waals surface area contributed by atoms with E-state index in [0.29, 0.717) is 11.7 Å². The summed E-state index contributed by atoms with van der Waals surface area (Å²) in [5, 5.41) is 0. The zero-order valence-electron chi connectivity index (χ0n) is 7.51. The molecule has 1 nitrogen and oxygen atoms in total. The average Bonchev–Trinajstić information content (AvgIpc) is 2.00. The summed E-state index contributed by atoms with van der Waals surface area (Å²) >= 11 is 0. The number of carbonyl (C=O) groups is 1. The van der Waals surface area contributed by atoms with Crippen LogP contribution < -0.4 is 0 Å². The molecule has 0 amide bonds. The maximum Gasteiger partial charge on any atom is 0.137 e. The Kier molecular flexibility index (Phi) is 2.29. The first-order valence-corrected chi connectivity index (χ1v) is 5.04. The summed E-state index contributed by atoms with van der Waals surface area (Å²) in [5.74, 6) is 1.16. The van der Waals surface area contributed by atoms with Gasteiger partial charge in [-0.05, 0) is 31.6 Å². The Bertz CT molecular complexity index is 215. The van der Waals surface area contributed by atoms with Gasteiger partial charge in [0.1, 0.15) is 5.78 Å². The third-order valence-electron chi connectivity index (χ3n) is 2.99. The van der Waals surface area contributed by atoms with Crippen LogP contribution >= 0.6 is 0 Å². The van der Waals surface area contributed by atoms with Gasteiger partial charge in [-0.3, -0.25) is 4.79 Å². The SMILES string of the molecule is O=C1CC2=CCCCCC(C1)C2. The Morgan fingerprint density at radius 1 is 1.25 bits per heavy atom. The van der Waals surface area contributed by atoms with Crippen LogP contribution in [0.5, 0.6) is 0 Å². The molecule has 1 heteroatoms. The first-order valence-electron chi connectivity index (χ1n) is 5.04. The summed E-state index contributed by atoms with van der Waals surface area (Å²) in [4.78, 5) is 11.3. The highest BCUT2D eigenvalue weighted by Crippen LogP contribution is 2.32. The van der Waals surface area contributed by atoms with Crippen LogP contribution in [0.1, 0.15) is 44.9 Å². The predicted octanol–water partition coefficient (Wildman–Crippen LogP) is 2.86. The van der Waals surface area contributed by atoms with Crippen LogP contribution in [0.25, 0.3) is 0 Å². The molecule has 1 fully saturated rings. The Balaban J connectivity index is 2.12. The second-order valence-corrected chi connectivity index (χ2v) is 4.14. The van der Waals surface area contributed by atoms with E-state index in [-0.39, 0.29) is 0 Å². The first kappa shape index (κ1) is 8.03. The van der Waals surface area contributed by atoms with Crippen molar-refractivity contribution in [1.82, 2.24) is 0 Å². The van der Waals surface area contributed by atoms with E-state index in [1.54, 1.807) is 0 Å². The summed E-state index contributed by atoms with van der Waals surface area (Å²) in [6.07, 6.45) is 10.3. The highest BCUT2D eigenvalue weighted by molar-refractivity contribution is 5.82. The molecule has 2 bridgehead atoms. The molecule has 0 radical (unpaired) electrons. The molecule has 0 N–H and O–H groups in total. The second kappa shape index (κ2) is 3.42. The van der Waals surface area contributed by atoms with Crippen molar-refractivity contribution in [2.75, 3.05) is 0 Å². The van der Waals surface area contributed by atoms with Crippen molar-refractivity contribution >= 4 is 5.78 Å². The number of allylic oxidation sites excluding steroid dienone is 2. The van der Waals surface area contributed by atoms with E-state index in [2.05, 4.69) is 6.08 Å². The Morgan fingerprint density at radius 2 is 2.17 bits per heavy atom. The molecule has 1 unspecified atom stereocenters. The van der Waals surface area contributed by atoms with Crippen molar-refractivity contribution in [2.45, 2.75) is 44.9 Å². The summed E-state index contributed by atoms with van der Waals surface area (Å²) in [6, 6.07) is 0. The average molecular weight is 164 g/mol. The monoisotopic (exact) mass is 164 g/mol. The van der Waals surface area contributed by atoms with Gasteiger partial charge in [-0.2, -0.15) is 0 Å². The lowest BCUT2D eigenvalue weighted by Crippen LogP contribution is -2.17. The highest BCUT2D eigenvalue weighted by Gasteiger charge is 2.23. The van der Waals surface area contributed by atoms with Crippen LogP contribution in [0, 0.1) is 5.92 Å². The van der Waals surface area contributed by atoms with Gasteiger partial charge in [0.05, 0.1) is 0 Å². The van der Waals surface area contributed by atoms with Crippen LogP contribution in [0.3, 0.4) is 0 Å². The van der Waals surface area contributed by atoms with Gasteiger partial charge in [-0.25, -0.2) is 0 Å². The van der Waals surface area contributed by atoms with Gasteiger partial charge in [0.25, 0.3) is 0 Å². The van der Waals surface area contributed by atoms with Gasteiger partial charge in [0.15, 0.2) is 0 Å². The lowest BCUT2D eigenvalue weighted by Gasteiger charge is -2.25. The lowest BCUT2D eigenvalue weighted by atomic mass is 9.80. The van der Waals surface area contributed by atoms with Gasteiger partial charge in [-0.1, -0.05) is 18.1 Å². The Labute approximate surface area is 73.8 Å². The maximum absolute atomic E-state index is 11.3. The molecule has 1 atom stereocenters. The van der Waals surface area contributed by atoms with Crippen LogP contribution in [-0.4, -0.2) is 5.78 Å². The van der Waals surface area contributed by atoms with Gasteiger partial charge in [0, 0.05) is 12.8 Å². The zero-order chi connectivity index (χ0) is 8.39. The van der Waals surface area contributed by atoms with Gasteiger partial charge in [0.2, 0.25) is 0 Å². The van der Waals surface area contributed by atoms with Crippen molar-refractivity contribution < 1.29 is 4.79 Å². The van der Waals surface area contributed by atoms with E-state index < -0.39 is 0 Å². The quantitative estimate of drug-likeness (QED) is 0.503. The minimum atomic E-state index is 0.472. The smallest absolute Gasteiger partial charge is 0.137 e. The molecule has 2 rings (SSSR count). The molecule has 0 aromatic carbocycles. The minimum Gasteiger partial charge on any atom is -0.299 e. The van der Waals surface area contributed by atoms with E-state index in [1.165, 1.54) is 37.7 Å². The molecule has 0 heterocycles. The van der Waals surface area contributed by atoms with Crippen molar-refractivity contribution in [1.29, 1.82) is 0 Å². The molecule has 0 aromatic heterocycles. The molecule has 1 saturated carbocycles. The number of fused-ring (bicyclic) bond motifs is 2. The molecule has 12 heavy (non-hydrogen) atoms. The topological polar surface area (TPSA) is 17.1 Å². The van der Waals surface area contributed by atoms with Crippen LogP contribution in [0.4, 0.5) is 0 Å². The number of Topliss-reactive ketones (excluding diaryl/α,β-unsaturated/α-hetero) is 1. The number of hydrogen-bond donors (Lipinski definition) is 0. The molecule has 0 spiro atoms. The fourth-order valence-electron chi connectivity index (χ4n) is 2.41. The molecular formula is C11H16O. The first-order chi connectivity index (χ1) is 5.84. The molecule has 0 aliphatic heterocycles. The molecule has 0 aromatic rings. The van der Waals surface area contributed by atoms with E-state index in [9.17, 15) is 4.79 Å². The fourth-order valence-corrected chi connectivity index (χ4v) is 2.41. The number of carbonyl (C=O) groups excluding carboxylic acids is 1. The normalized spacial score (nSPS) is 30.5. The molecule has 2 aliphatic carbocycles. The molecule has 0 saturated heterocycles. The molecule has 66 valence electrons. The van der Waals surface area contributed by atoms with Crippen LogP contribution in [0.2, 0.25) is 0 Å². The predicted molar refractivity (Wildman–Crippen MR) is 48.9 cm³/mol. The van der Waals surface area contributed by atoms with Crippen molar-refractivity contribution in [3.63, 3.8) is 0 Å². The summed E-state index contributed by atoms with van der Waals surface area (Å²) in [7, 11) is 0. The van der Waals surface area contributed by atoms with Crippen molar-refractivity contribution in [3.8, 4) is 0 Å². The van der Waals surface area contributed by atoms with E-state index >= 15 is 0 Å². The lowest BCUT2D eigenvalue weighted by molar-refractivity contribution is -0.120. The van der Waals surface area contributed by atoms with Gasteiger partial charge >= 0.3 is 0 Å². The zero-order valence-corrected chi connectivity index (χ0v) is 7.51. The highest BCUT2D eigenvalue weighted by atomic mass is 16.1. The molecular weight excluding hydrogens is 148 g/mol. The number of ketones is 1. The number of rotatable bonds is 0. The molecule has 2 aliphatic rings. The van der Waals surface area contributed by atoms with E-state index in [0.717, 1.165) is 12.8 Å². The Morgan fingerprint density at radius 3 is 3.08 bits per heavy atom. The van der Waals surface area contributed by atoms with E-state index in [1.807, 2.05) is 0 Å². The Hall–Kier alpha value is -0.590. The fraction of sp³-hybridized carbons (Fsp3) is 0.727. The largest absolute Gasteiger partial charge is 0.299 e. The minimum absolute atomic E-state index is 0.472. The number of hydrogen-bond acceptors (Lipinski definition) is 1. The third kappa shape index (κ3) is 1.77. The van der Waals surface area contributed by atoms with Crippen LogP contribution in [-0.2, 0) is 4.79 Å². The van der Waals surface area contributed by atoms with Crippen molar-refractivity contribution in [2.24, 2.45) is 5.92 Å². The second-order valence-electron chi connectivity index (χ2n) is 4.14.